The molecule has 2 unspecified atom stereocenters. The fraction of sp³-hybridized carbons (Fsp3) is 0.833. The first-order valence-electron chi connectivity index (χ1n) is 6.06. The number of quaternary nitrogens is 1. The number of carbonyl (C=O) groups is 2. The molecule has 0 rings (SSSR count). The maximum atomic E-state index is 11.4. The third kappa shape index (κ3) is 3.43. The summed E-state index contributed by atoms with van der Waals surface area (Å²) >= 11 is 0. The van der Waals surface area contributed by atoms with Gasteiger partial charge in [-0.25, -0.2) is 0 Å². The molecule has 0 radical (unpaired) electrons. The molecule has 0 fully saturated rings. The summed E-state index contributed by atoms with van der Waals surface area (Å²) in [5.41, 5.74) is 3.98. The van der Waals surface area contributed by atoms with Crippen LogP contribution in [0.4, 0.5) is 0 Å². The number of carboxylic acid groups (broad SMARTS) is 2. The van der Waals surface area contributed by atoms with Crippen LogP contribution in [0, 0.1) is 0 Å². The summed E-state index contributed by atoms with van der Waals surface area (Å²) in [6, 6.07) is -0.0178. The standard InChI is InChI=1S/C12H24N2O4/c1-9(6-5-7-13)14(3,4)12(2,11(17)18)8-10(15)16/h9H,5-8,13H2,1-4H3,(H-,15,16,17,18). The molecule has 0 saturated carbocycles. The highest BCUT2D eigenvalue weighted by Gasteiger charge is 2.47. The van der Waals surface area contributed by atoms with Gasteiger partial charge in [0.2, 0.25) is 0 Å². The second-order valence-corrected chi connectivity index (χ2v) is 5.45. The summed E-state index contributed by atoms with van der Waals surface area (Å²) in [6.07, 6.45) is 1.06. The topological polar surface area (TPSA) is 103 Å². The number of hydrogen-bond acceptors (Lipinski definition) is 4. The number of nitrogens with zero attached hydrogens (tertiary/aromatic N) is 1. The molecule has 0 bridgehead atoms. The normalized spacial score (nSPS) is 16.9. The van der Waals surface area contributed by atoms with Gasteiger partial charge in [-0.05, 0) is 26.8 Å². The van der Waals surface area contributed by atoms with Gasteiger partial charge >= 0.3 is 5.97 Å². The van der Waals surface area contributed by atoms with E-state index in [0.29, 0.717) is 6.54 Å². The summed E-state index contributed by atoms with van der Waals surface area (Å²) in [4.78, 5) is 22.2. The Bertz CT molecular complexity index is 317. The molecule has 0 amide bonds. The lowest BCUT2D eigenvalue weighted by Gasteiger charge is -2.50. The second kappa shape index (κ2) is 6.15. The predicted octanol–water partition coefficient (Wildman–Crippen LogP) is -0.826. The molecule has 0 saturated heterocycles. The molecular formula is C12H24N2O4. The molecule has 6 heteroatoms. The number of carboxylic acids is 2. The monoisotopic (exact) mass is 260 g/mol. The van der Waals surface area contributed by atoms with E-state index in [1.807, 2.05) is 6.92 Å². The van der Waals surface area contributed by atoms with E-state index in [1.165, 1.54) is 6.92 Å². The van der Waals surface area contributed by atoms with Crippen LogP contribution in [0.25, 0.3) is 0 Å². The van der Waals surface area contributed by atoms with Crippen molar-refractivity contribution in [1.29, 1.82) is 0 Å². The predicted molar refractivity (Wildman–Crippen MR) is 65.5 cm³/mol. The van der Waals surface area contributed by atoms with Crippen molar-refractivity contribution < 1.29 is 24.3 Å². The van der Waals surface area contributed by atoms with Crippen molar-refractivity contribution in [2.75, 3.05) is 20.6 Å². The van der Waals surface area contributed by atoms with E-state index in [2.05, 4.69) is 0 Å². The lowest BCUT2D eigenvalue weighted by Crippen LogP contribution is -2.69. The highest BCUT2D eigenvalue weighted by atomic mass is 16.4. The zero-order valence-electron chi connectivity index (χ0n) is 11.6. The molecule has 0 aromatic rings. The van der Waals surface area contributed by atoms with Gasteiger partial charge in [0.05, 0.1) is 20.1 Å². The van der Waals surface area contributed by atoms with Crippen LogP contribution in [-0.4, -0.2) is 53.7 Å². The van der Waals surface area contributed by atoms with Gasteiger partial charge in [-0.1, -0.05) is 0 Å². The Morgan fingerprint density at radius 1 is 1.44 bits per heavy atom. The highest BCUT2D eigenvalue weighted by molar-refractivity contribution is 5.82. The fourth-order valence-electron chi connectivity index (χ4n) is 2.03. The summed E-state index contributed by atoms with van der Waals surface area (Å²) in [5.74, 6) is -2.48. The van der Waals surface area contributed by atoms with Crippen molar-refractivity contribution in [3.63, 3.8) is 0 Å². The quantitative estimate of drug-likeness (QED) is 0.555. The van der Waals surface area contributed by atoms with E-state index < -0.39 is 23.9 Å². The van der Waals surface area contributed by atoms with Crippen LogP contribution < -0.4 is 10.8 Å². The van der Waals surface area contributed by atoms with Crippen LogP contribution >= 0.6 is 0 Å². The number of likely N-dealkylation sites (N-methyl/N-ethyl adjacent to an activating group) is 1. The van der Waals surface area contributed by atoms with Gasteiger partial charge in [0.25, 0.3) is 0 Å². The molecular weight excluding hydrogens is 236 g/mol. The van der Waals surface area contributed by atoms with Crippen molar-refractivity contribution in [2.45, 2.75) is 44.7 Å². The molecule has 2 atom stereocenters. The van der Waals surface area contributed by atoms with Gasteiger partial charge in [-0.3, -0.25) is 4.79 Å². The molecule has 3 N–H and O–H groups in total. The Morgan fingerprint density at radius 3 is 2.28 bits per heavy atom. The SMILES string of the molecule is CC(CCCN)[N+](C)(C)C(C)(CC(=O)O)C(=O)[O-]. The van der Waals surface area contributed by atoms with E-state index in [4.69, 9.17) is 10.8 Å². The largest absolute Gasteiger partial charge is 0.544 e. The maximum absolute atomic E-state index is 11.4. The van der Waals surface area contributed by atoms with Gasteiger partial charge in [0.1, 0.15) is 17.9 Å². The van der Waals surface area contributed by atoms with Crippen molar-refractivity contribution >= 4 is 11.9 Å². The minimum Gasteiger partial charge on any atom is -0.544 e. The lowest BCUT2D eigenvalue weighted by molar-refractivity contribution is -0.953. The van der Waals surface area contributed by atoms with E-state index in [1.54, 1.807) is 14.1 Å². The first-order valence-corrected chi connectivity index (χ1v) is 6.06. The summed E-state index contributed by atoms with van der Waals surface area (Å²) < 4.78 is 0.0572. The number of aliphatic carboxylic acids is 2. The van der Waals surface area contributed by atoms with Crippen molar-refractivity contribution in [3.05, 3.63) is 0 Å². The molecule has 0 aromatic carbocycles. The molecule has 0 aromatic heterocycles. The molecule has 0 spiro atoms. The van der Waals surface area contributed by atoms with Gasteiger partial charge in [-0.15, -0.1) is 0 Å². The number of nitrogens with two attached hydrogens (primary N) is 1. The van der Waals surface area contributed by atoms with Crippen LogP contribution in [0.3, 0.4) is 0 Å². The van der Waals surface area contributed by atoms with Crippen molar-refractivity contribution in [1.82, 2.24) is 0 Å². The zero-order chi connectivity index (χ0) is 14.6. The molecule has 0 aliphatic carbocycles. The summed E-state index contributed by atoms with van der Waals surface area (Å²) in [6.45, 7) is 3.86. The molecule has 0 aliphatic heterocycles. The minimum atomic E-state index is -1.46. The second-order valence-electron chi connectivity index (χ2n) is 5.45. The molecule has 0 aliphatic rings. The Balaban J connectivity index is 5.19. The van der Waals surface area contributed by atoms with E-state index >= 15 is 0 Å². The molecule has 0 heterocycles. The molecule has 106 valence electrons. The molecule has 18 heavy (non-hydrogen) atoms. The Morgan fingerprint density at radius 2 is 1.94 bits per heavy atom. The smallest absolute Gasteiger partial charge is 0.310 e. The van der Waals surface area contributed by atoms with Crippen LogP contribution in [-0.2, 0) is 9.59 Å². The average Bonchev–Trinajstić information content (AvgIpc) is 2.23. The van der Waals surface area contributed by atoms with Gasteiger partial charge in [0, 0.05) is 6.42 Å². The van der Waals surface area contributed by atoms with Crippen LogP contribution in [0.2, 0.25) is 0 Å². The summed E-state index contributed by atoms with van der Waals surface area (Å²) in [7, 11) is 3.44. The third-order valence-electron chi connectivity index (χ3n) is 4.14. The van der Waals surface area contributed by atoms with Crippen LogP contribution in [0.15, 0.2) is 0 Å². The zero-order valence-corrected chi connectivity index (χ0v) is 11.6. The Labute approximate surface area is 108 Å². The van der Waals surface area contributed by atoms with Crippen LogP contribution in [0.1, 0.15) is 33.1 Å². The third-order valence-corrected chi connectivity index (χ3v) is 4.14. The van der Waals surface area contributed by atoms with Crippen molar-refractivity contribution in [3.8, 4) is 0 Å². The highest BCUT2D eigenvalue weighted by Crippen LogP contribution is 2.29. The Kier molecular flexibility index (Phi) is 5.76. The first kappa shape index (κ1) is 16.9. The number of hydrogen-bond donors (Lipinski definition) is 2. The first-order chi connectivity index (χ1) is 8.09. The van der Waals surface area contributed by atoms with Gasteiger partial charge in [-0.2, -0.15) is 0 Å². The minimum absolute atomic E-state index is 0.0178. The van der Waals surface area contributed by atoms with E-state index in [-0.39, 0.29) is 10.5 Å². The number of carbonyl (C=O) groups excluding carboxylic acids is 1. The maximum Gasteiger partial charge on any atom is 0.310 e. The van der Waals surface area contributed by atoms with E-state index in [0.717, 1.165) is 12.8 Å². The van der Waals surface area contributed by atoms with Gasteiger partial charge in [0.15, 0.2) is 0 Å². The molecule has 6 nitrogen and oxygen atoms in total. The Hall–Kier alpha value is -1.14. The lowest BCUT2D eigenvalue weighted by atomic mass is 9.90. The van der Waals surface area contributed by atoms with Crippen molar-refractivity contribution in [2.24, 2.45) is 5.73 Å². The number of rotatable bonds is 8. The fourth-order valence-corrected chi connectivity index (χ4v) is 2.03. The van der Waals surface area contributed by atoms with Crippen LogP contribution in [0.5, 0.6) is 0 Å². The van der Waals surface area contributed by atoms with E-state index in [9.17, 15) is 14.7 Å². The average molecular weight is 260 g/mol. The summed E-state index contributed by atoms with van der Waals surface area (Å²) in [5, 5.41) is 20.3. The van der Waals surface area contributed by atoms with Gasteiger partial charge < -0.3 is 25.2 Å².